The molecular weight excluding hydrogens is 408 g/mol. The number of nitrogens with zero attached hydrogens (tertiary/aromatic N) is 3. The van der Waals surface area contributed by atoms with Gasteiger partial charge in [0.1, 0.15) is 0 Å². The van der Waals surface area contributed by atoms with Crippen molar-refractivity contribution in [1.29, 1.82) is 0 Å². The van der Waals surface area contributed by atoms with Crippen molar-refractivity contribution in [2.75, 3.05) is 19.6 Å². The number of carbonyl (C=O) groups excluding carboxylic acids is 2. The molecule has 1 atom stereocenters. The lowest BCUT2D eigenvalue weighted by Crippen LogP contribution is -2.44. The molecule has 2 aromatic carbocycles. The lowest BCUT2D eigenvalue weighted by Gasteiger charge is -2.33. The topological polar surface area (TPSA) is 66.7 Å². The van der Waals surface area contributed by atoms with Crippen LogP contribution in [0, 0.1) is 5.92 Å². The Morgan fingerprint density at radius 3 is 2.94 bits per heavy atom. The normalized spacial score (nSPS) is 16.6. The molecule has 0 unspecified atom stereocenters. The molecule has 31 heavy (non-hydrogen) atoms. The van der Waals surface area contributed by atoms with Gasteiger partial charge in [0.05, 0.1) is 12.1 Å². The lowest BCUT2D eigenvalue weighted by atomic mass is 9.97. The first-order valence-corrected chi connectivity index (χ1v) is 11.5. The van der Waals surface area contributed by atoms with E-state index in [1.54, 1.807) is 11.3 Å². The first-order chi connectivity index (χ1) is 15.2. The summed E-state index contributed by atoms with van der Waals surface area (Å²) < 4.78 is 1.95. The van der Waals surface area contributed by atoms with Gasteiger partial charge in [-0.05, 0) is 35.6 Å². The number of fused-ring (bicyclic) bond motifs is 2. The number of carbonyl (C=O) groups is 2. The number of amides is 2. The summed E-state index contributed by atoms with van der Waals surface area (Å²) in [7, 11) is 0. The van der Waals surface area contributed by atoms with Crippen molar-refractivity contribution in [3.63, 3.8) is 0 Å². The smallest absolute Gasteiger partial charge is 0.251 e. The zero-order chi connectivity index (χ0) is 21.2. The molecule has 6 nitrogen and oxygen atoms in total. The van der Waals surface area contributed by atoms with Crippen molar-refractivity contribution < 1.29 is 9.59 Å². The predicted octanol–water partition coefficient (Wildman–Crippen LogP) is 3.76. The van der Waals surface area contributed by atoms with Gasteiger partial charge >= 0.3 is 0 Å². The number of piperidine rings is 1. The molecule has 0 saturated carbocycles. The number of benzene rings is 2. The molecule has 3 heterocycles. The minimum atomic E-state index is -0.0571. The molecule has 2 aromatic heterocycles. The van der Waals surface area contributed by atoms with Gasteiger partial charge in [-0.15, -0.1) is 11.3 Å². The highest BCUT2D eigenvalue weighted by Gasteiger charge is 2.25. The van der Waals surface area contributed by atoms with Gasteiger partial charge in [0.25, 0.3) is 5.91 Å². The van der Waals surface area contributed by atoms with Crippen LogP contribution in [0.4, 0.5) is 0 Å². The first kappa shape index (κ1) is 19.8. The Kier molecular flexibility index (Phi) is 5.42. The molecule has 1 saturated heterocycles. The number of aromatic nitrogens is 2. The second-order valence-corrected chi connectivity index (χ2v) is 8.96. The molecule has 1 aliphatic heterocycles. The van der Waals surface area contributed by atoms with Gasteiger partial charge < -0.3 is 10.2 Å². The van der Waals surface area contributed by atoms with E-state index in [2.05, 4.69) is 10.3 Å². The Morgan fingerprint density at radius 2 is 2.03 bits per heavy atom. The molecule has 7 heteroatoms. The number of likely N-dealkylation sites (tertiary alicyclic amines) is 1. The molecule has 2 amide bonds. The van der Waals surface area contributed by atoms with E-state index in [1.165, 1.54) is 0 Å². The van der Waals surface area contributed by atoms with E-state index >= 15 is 0 Å². The van der Waals surface area contributed by atoms with Crippen LogP contribution in [0.1, 0.15) is 28.9 Å². The van der Waals surface area contributed by atoms with Gasteiger partial charge in [0.15, 0.2) is 4.96 Å². The zero-order valence-electron chi connectivity index (χ0n) is 17.2. The molecule has 0 bridgehead atoms. The number of hydrogen-bond acceptors (Lipinski definition) is 4. The largest absolute Gasteiger partial charge is 0.352 e. The minimum absolute atomic E-state index is 0.0571. The van der Waals surface area contributed by atoms with Crippen LogP contribution in [-0.4, -0.2) is 45.7 Å². The predicted molar refractivity (Wildman–Crippen MR) is 122 cm³/mol. The third kappa shape index (κ3) is 4.18. The second kappa shape index (κ2) is 8.51. The van der Waals surface area contributed by atoms with Crippen molar-refractivity contribution in [1.82, 2.24) is 19.6 Å². The number of thiazole rings is 1. The molecular formula is C24H24N4O2S. The van der Waals surface area contributed by atoms with Crippen LogP contribution in [0.3, 0.4) is 0 Å². The Labute approximate surface area is 184 Å². The highest BCUT2D eigenvalue weighted by atomic mass is 32.1. The summed E-state index contributed by atoms with van der Waals surface area (Å²) in [6.07, 6.45) is 6.17. The van der Waals surface area contributed by atoms with Crippen molar-refractivity contribution in [2.45, 2.75) is 19.3 Å². The molecule has 5 rings (SSSR count). The molecule has 1 aliphatic rings. The van der Waals surface area contributed by atoms with E-state index in [0.29, 0.717) is 25.1 Å². The van der Waals surface area contributed by atoms with E-state index in [4.69, 9.17) is 0 Å². The van der Waals surface area contributed by atoms with Gasteiger partial charge in [0, 0.05) is 43.0 Å². The second-order valence-electron chi connectivity index (χ2n) is 8.09. The van der Waals surface area contributed by atoms with Crippen LogP contribution < -0.4 is 5.32 Å². The molecule has 1 fully saturated rings. The lowest BCUT2D eigenvalue weighted by molar-refractivity contribution is -0.132. The van der Waals surface area contributed by atoms with E-state index < -0.39 is 0 Å². The monoisotopic (exact) mass is 432 g/mol. The van der Waals surface area contributed by atoms with E-state index in [9.17, 15) is 9.59 Å². The van der Waals surface area contributed by atoms with Crippen LogP contribution in [0.25, 0.3) is 15.7 Å². The average molecular weight is 433 g/mol. The highest BCUT2D eigenvalue weighted by molar-refractivity contribution is 7.15. The summed E-state index contributed by atoms with van der Waals surface area (Å²) in [4.78, 5) is 33.0. The van der Waals surface area contributed by atoms with Crippen molar-refractivity contribution in [2.24, 2.45) is 5.92 Å². The summed E-state index contributed by atoms with van der Waals surface area (Å²) >= 11 is 1.57. The maximum atomic E-state index is 12.8. The SMILES string of the molecule is O=C(NC[C@H]1CCCN(C(=O)Cc2cn3ccsc3n2)C1)c1cccc2ccccc12. The van der Waals surface area contributed by atoms with Crippen molar-refractivity contribution >= 4 is 38.9 Å². The van der Waals surface area contributed by atoms with Gasteiger partial charge in [-0.1, -0.05) is 36.4 Å². The van der Waals surface area contributed by atoms with Crippen LogP contribution in [0.2, 0.25) is 0 Å². The number of rotatable bonds is 5. The summed E-state index contributed by atoms with van der Waals surface area (Å²) in [5.74, 6) is 0.316. The standard InChI is InChI=1S/C24H24N4O2S/c29-22(13-19-16-28-11-12-31-24(28)26-19)27-10-4-5-17(15-27)14-25-23(30)21-9-3-7-18-6-1-2-8-20(18)21/h1-3,6-9,11-12,16-17H,4-5,10,13-15H2,(H,25,30)/t17-/m1/s1. The Bertz CT molecular complexity index is 1210. The fraction of sp³-hybridized carbons (Fsp3) is 0.292. The first-order valence-electron chi connectivity index (χ1n) is 10.6. The average Bonchev–Trinajstić information content (AvgIpc) is 3.39. The molecule has 1 N–H and O–H groups in total. The molecule has 0 aliphatic carbocycles. The summed E-state index contributed by atoms with van der Waals surface area (Å²) in [5.41, 5.74) is 1.50. The van der Waals surface area contributed by atoms with Crippen LogP contribution in [0.5, 0.6) is 0 Å². The van der Waals surface area contributed by atoms with Gasteiger partial charge in [-0.2, -0.15) is 0 Å². The molecule has 158 valence electrons. The maximum Gasteiger partial charge on any atom is 0.251 e. The Hall–Kier alpha value is -3.19. The van der Waals surface area contributed by atoms with Crippen LogP contribution >= 0.6 is 11.3 Å². The van der Waals surface area contributed by atoms with E-state index in [1.807, 2.05) is 69.5 Å². The molecule has 0 spiro atoms. The summed E-state index contributed by atoms with van der Waals surface area (Å²) in [5, 5.41) is 7.09. The van der Waals surface area contributed by atoms with Crippen molar-refractivity contribution in [3.8, 4) is 0 Å². The van der Waals surface area contributed by atoms with Crippen LogP contribution in [-0.2, 0) is 11.2 Å². The van der Waals surface area contributed by atoms with E-state index in [-0.39, 0.29) is 17.7 Å². The van der Waals surface area contributed by atoms with Crippen LogP contribution in [0.15, 0.2) is 60.2 Å². The van der Waals surface area contributed by atoms with Gasteiger partial charge in [0.2, 0.25) is 5.91 Å². The molecule has 4 aromatic rings. The third-order valence-electron chi connectivity index (χ3n) is 5.93. The number of nitrogens with one attached hydrogen (secondary N) is 1. The third-order valence-corrected chi connectivity index (χ3v) is 6.70. The molecule has 0 radical (unpaired) electrons. The quantitative estimate of drug-likeness (QED) is 0.522. The minimum Gasteiger partial charge on any atom is -0.352 e. The fourth-order valence-corrected chi connectivity index (χ4v) is 5.06. The van der Waals surface area contributed by atoms with Gasteiger partial charge in [-0.3, -0.25) is 14.0 Å². The maximum absolute atomic E-state index is 12.8. The Balaban J connectivity index is 1.19. The van der Waals surface area contributed by atoms with Gasteiger partial charge in [-0.25, -0.2) is 4.98 Å². The number of hydrogen-bond donors (Lipinski definition) is 1. The summed E-state index contributed by atoms with van der Waals surface area (Å²) in [6.45, 7) is 2.03. The highest BCUT2D eigenvalue weighted by Crippen LogP contribution is 2.20. The number of imidazole rings is 1. The van der Waals surface area contributed by atoms with Crippen molar-refractivity contribution in [3.05, 3.63) is 71.5 Å². The van der Waals surface area contributed by atoms with E-state index in [0.717, 1.165) is 40.8 Å². The summed E-state index contributed by atoms with van der Waals surface area (Å²) in [6, 6.07) is 13.7. The fourth-order valence-electron chi connectivity index (χ4n) is 4.34. The zero-order valence-corrected chi connectivity index (χ0v) is 18.0. The Morgan fingerprint density at radius 1 is 1.16 bits per heavy atom.